The maximum atomic E-state index is 13.7. The molecule has 2 aromatic carbocycles. The minimum atomic E-state index is -0.441. The number of ether oxygens (including phenoxy) is 1. The Morgan fingerprint density at radius 3 is 2.25 bits per heavy atom. The van der Waals surface area contributed by atoms with Gasteiger partial charge in [0.25, 0.3) is 0 Å². The van der Waals surface area contributed by atoms with Crippen molar-refractivity contribution in [2.45, 2.75) is 38.2 Å². The van der Waals surface area contributed by atoms with E-state index >= 15 is 0 Å². The topological polar surface area (TPSA) is 26.3 Å². The molecule has 1 aliphatic heterocycles. The standard InChI is InChI=1S/C26H26O2/c1-2-11-22-23(17-16-20-12-5-3-6-13-20)28-25(21-14-7-4-8-15-21)26(24(22)27)18-9-10-19-26/h2-8,12-17,25H,1,9-11,18-19H2/b17-16+/t25-/m0/s1. The minimum Gasteiger partial charge on any atom is -0.484 e. The summed E-state index contributed by atoms with van der Waals surface area (Å²) in [4.78, 5) is 13.7. The van der Waals surface area contributed by atoms with Crippen LogP contribution in [0.25, 0.3) is 6.08 Å². The molecule has 4 rings (SSSR count). The molecule has 0 unspecified atom stereocenters. The number of allylic oxidation sites excluding steroid dienone is 3. The Hall–Kier alpha value is -2.87. The van der Waals surface area contributed by atoms with Gasteiger partial charge in [-0.15, -0.1) is 6.58 Å². The van der Waals surface area contributed by atoms with E-state index in [0.29, 0.717) is 12.2 Å². The quantitative estimate of drug-likeness (QED) is 0.567. The van der Waals surface area contributed by atoms with Crippen LogP contribution in [0.5, 0.6) is 0 Å². The second kappa shape index (κ2) is 8.02. The zero-order valence-corrected chi connectivity index (χ0v) is 16.1. The summed E-state index contributed by atoms with van der Waals surface area (Å²) in [7, 11) is 0. The van der Waals surface area contributed by atoms with Crippen LogP contribution in [0.15, 0.2) is 90.7 Å². The Balaban J connectivity index is 1.78. The van der Waals surface area contributed by atoms with E-state index in [9.17, 15) is 4.79 Å². The largest absolute Gasteiger partial charge is 0.484 e. The van der Waals surface area contributed by atoms with Crippen molar-refractivity contribution in [2.75, 3.05) is 0 Å². The highest BCUT2D eigenvalue weighted by Crippen LogP contribution is 2.55. The van der Waals surface area contributed by atoms with Crippen LogP contribution in [-0.4, -0.2) is 5.78 Å². The average Bonchev–Trinajstić information content (AvgIpc) is 3.23. The monoisotopic (exact) mass is 370 g/mol. The molecule has 1 fully saturated rings. The van der Waals surface area contributed by atoms with Crippen LogP contribution in [0, 0.1) is 5.41 Å². The first kappa shape index (κ1) is 18.5. The molecule has 0 bridgehead atoms. The minimum absolute atomic E-state index is 0.229. The second-order valence-corrected chi connectivity index (χ2v) is 7.68. The number of rotatable bonds is 5. The van der Waals surface area contributed by atoms with Crippen LogP contribution in [0.1, 0.15) is 49.3 Å². The van der Waals surface area contributed by atoms with Crippen molar-refractivity contribution in [1.29, 1.82) is 0 Å². The maximum absolute atomic E-state index is 13.7. The van der Waals surface area contributed by atoms with E-state index < -0.39 is 5.41 Å². The number of carbonyl (C=O) groups is 1. The SMILES string of the molecule is C=CCC1=C(/C=C/c2ccccc2)O[C@@H](c2ccccc2)C2(CCCC2)C1=O. The van der Waals surface area contributed by atoms with Crippen LogP contribution in [0.3, 0.4) is 0 Å². The fourth-order valence-corrected chi connectivity index (χ4v) is 4.57. The van der Waals surface area contributed by atoms with Gasteiger partial charge < -0.3 is 4.74 Å². The summed E-state index contributed by atoms with van der Waals surface area (Å²) in [5.74, 6) is 0.929. The first-order valence-electron chi connectivity index (χ1n) is 10.1. The second-order valence-electron chi connectivity index (χ2n) is 7.68. The van der Waals surface area contributed by atoms with Gasteiger partial charge in [0.1, 0.15) is 11.9 Å². The lowest BCUT2D eigenvalue weighted by molar-refractivity contribution is -0.137. The molecule has 1 atom stereocenters. The molecule has 2 nitrogen and oxygen atoms in total. The van der Waals surface area contributed by atoms with Gasteiger partial charge in [-0.05, 0) is 36.5 Å². The number of hydrogen-bond donors (Lipinski definition) is 0. The molecule has 1 saturated carbocycles. The summed E-state index contributed by atoms with van der Waals surface area (Å²) in [6.07, 6.45) is 10.0. The predicted molar refractivity (Wildman–Crippen MR) is 113 cm³/mol. The van der Waals surface area contributed by atoms with E-state index in [1.165, 1.54) is 0 Å². The molecule has 0 N–H and O–H groups in total. The van der Waals surface area contributed by atoms with E-state index in [2.05, 4.69) is 18.7 Å². The van der Waals surface area contributed by atoms with Gasteiger partial charge in [0.05, 0.1) is 5.41 Å². The third-order valence-corrected chi connectivity index (χ3v) is 5.94. The highest BCUT2D eigenvalue weighted by molar-refractivity contribution is 6.02. The highest BCUT2D eigenvalue weighted by Gasteiger charge is 2.53. The molecule has 2 aromatic rings. The molecule has 28 heavy (non-hydrogen) atoms. The van der Waals surface area contributed by atoms with Gasteiger partial charge in [0, 0.05) is 5.57 Å². The van der Waals surface area contributed by atoms with Crippen LogP contribution < -0.4 is 0 Å². The van der Waals surface area contributed by atoms with Gasteiger partial charge in [0.15, 0.2) is 5.78 Å². The Bertz CT molecular complexity index is 900. The summed E-state index contributed by atoms with van der Waals surface area (Å²) in [5, 5.41) is 0. The first-order chi connectivity index (χ1) is 13.7. The Kier molecular flexibility index (Phi) is 5.29. The molecular weight excluding hydrogens is 344 g/mol. The van der Waals surface area contributed by atoms with Crippen LogP contribution in [-0.2, 0) is 9.53 Å². The van der Waals surface area contributed by atoms with Crippen molar-refractivity contribution in [1.82, 2.24) is 0 Å². The lowest BCUT2D eigenvalue weighted by atomic mass is 9.69. The van der Waals surface area contributed by atoms with Gasteiger partial charge in [-0.25, -0.2) is 0 Å². The summed E-state index contributed by atoms with van der Waals surface area (Å²) < 4.78 is 6.59. The summed E-state index contributed by atoms with van der Waals surface area (Å²) >= 11 is 0. The maximum Gasteiger partial charge on any atom is 0.173 e. The molecule has 1 heterocycles. The van der Waals surface area contributed by atoms with E-state index in [1.807, 2.05) is 60.7 Å². The smallest absolute Gasteiger partial charge is 0.173 e. The molecule has 0 radical (unpaired) electrons. The van der Waals surface area contributed by atoms with Crippen LogP contribution in [0.2, 0.25) is 0 Å². The summed E-state index contributed by atoms with van der Waals surface area (Å²) in [5.41, 5.74) is 2.49. The van der Waals surface area contributed by atoms with Gasteiger partial charge in [-0.2, -0.15) is 0 Å². The van der Waals surface area contributed by atoms with Gasteiger partial charge in [0.2, 0.25) is 0 Å². The Labute approximate surface area is 167 Å². The lowest BCUT2D eigenvalue weighted by Gasteiger charge is -2.41. The zero-order valence-electron chi connectivity index (χ0n) is 16.1. The van der Waals surface area contributed by atoms with Crippen molar-refractivity contribution in [3.05, 3.63) is 102 Å². The summed E-state index contributed by atoms with van der Waals surface area (Å²) in [6, 6.07) is 20.3. The number of Topliss-reactive ketones (excluding diaryl/α,β-unsaturated/α-hetero) is 1. The molecule has 2 aliphatic rings. The van der Waals surface area contributed by atoms with E-state index in [1.54, 1.807) is 6.08 Å². The number of benzene rings is 2. The Morgan fingerprint density at radius 1 is 0.964 bits per heavy atom. The fraction of sp³-hybridized carbons (Fsp3) is 0.269. The molecular formula is C26H26O2. The highest BCUT2D eigenvalue weighted by atomic mass is 16.5. The van der Waals surface area contributed by atoms with Crippen molar-refractivity contribution < 1.29 is 9.53 Å². The predicted octanol–water partition coefficient (Wildman–Crippen LogP) is 6.43. The molecule has 0 aromatic heterocycles. The number of hydrogen-bond acceptors (Lipinski definition) is 2. The lowest BCUT2D eigenvalue weighted by Crippen LogP contribution is -2.41. The molecule has 0 saturated heterocycles. The first-order valence-corrected chi connectivity index (χ1v) is 10.1. The van der Waals surface area contributed by atoms with Gasteiger partial charge in [-0.1, -0.05) is 85.7 Å². The van der Waals surface area contributed by atoms with E-state index in [4.69, 9.17) is 4.74 Å². The van der Waals surface area contributed by atoms with E-state index in [0.717, 1.165) is 42.4 Å². The molecule has 0 amide bonds. The van der Waals surface area contributed by atoms with Gasteiger partial charge >= 0.3 is 0 Å². The van der Waals surface area contributed by atoms with Crippen molar-refractivity contribution >= 4 is 11.9 Å². The molecule has 142 valence electrons. The number of ketones is 1. The van der Waals surface area contributed by atoms with Crippen LogP contribution in [0.4, 0.5) is 0 Å². The fourth-order valence-electron chi connectivity index (χ4n) is 4.57. The molecule has 2 heteroatoms. The average molecular weight is 370 g/mol. The zero-order chi connectivity index (χ0) is 19.4. The molecule has 1 aliphatic carbocycles. The van der Waals surface area contributed by atoms with Crippen molar-refractivity contribution in [3.63, 3.8) is 0 Å². The third kappa shape index (κ3) is 3.35. The van der Waals surface area contributed by atoms with Crippen molar-refractivity contribution in [3.8, 4) is 0 Å². The summed E-state index contributed by atoms with van der Waals surface area (Å²) in [6.45, 7) is 3.87. The van der Waals surface area contributed by atoms with Gasteiger partial charge in [-0.3, -0.25) is 4.79 Å². The molecule has 1 spiro atoms. The third-order valence-electron chi connectivity index (χ3n) is 5.94. The normalized spacial score (nSPS) is 21.3. The number of carbonyl (C=O) groups excluding carboxylic acids is 1. The van der Waals surface area contributed by atoms with Crippen molar-refractivity contribution in [2.24, 2.45) is 5.41 Å². The Morgan fingerprint density at radius 2 is 1.61 bits per heavy atom. The van der Waals surface area contributed by atoms with Crippen LogP contribution >= 0.6 is 0 Å². The van der Waals surface area contributed by atoms with E-state index in [-0.39, 0.29) is 11.9 Å².